The Balaban J connectivity index is 2.42. The highest BCUT2D eigenvalue weighted by Crippen LogP contribution is 2.20. The summed E-state index contributed by atoms with van der Waals surface area (Å²) < 4.78 is 0. The van der Waals surface area contributed by atoms with E-state index in [1.165, 1.54) is 12.8 Å². The smallest absolute Gasteiger partial charge is 0.107 e. The van der Waals surface area contributed by atoms with Crippen LogP contribution in [0.4, 0.5) is 0 Å². The number of hydrogen-bond acceptors (Lipinski definition) is 0. The second-order valence-corrected chi connectivity index (χ2v) is 2.66. The van der Waals surface area contributed by atoms with Gasteiger partial charge in [-0.1, -0.05) is 13.0 Å². The van der Waals surface area contributed by atoms with E-state index in [0.717, 1.165) is 17.8 Å². The Labute approximate surface area is 52.4 Å². The number of rotatable bonds is 0. The van der Waals surface area contributed by atoms with Gasteiger partial charge in [0.1, 0.15) is 7.85 Å². The van der Waals surface area contributed by atoms with Crippen LogP contribution >= 0.6 is 0 Å². The lowest BCUT2D eigenvalue weighted by atomic mass is 9.81. The Hall–Kier alpha value is -0.195. The van der Waals surface area contributed by atoms with Crippen molar-refractivity contribution in [2.45, 2.75) is 26.2 Å². The summed E-state index contributed by atoms with van der Waals surface area (Å²) in [5.41, 5.74) is 1.09. The summed E-state index contributed by atoms with van der Waals surface area (Å²) in [6.45, 7) is 2.27. The molecule has 1 heteroatoms. The quantitative estimate of drug-likeness (QED) is 0.413. The lowest BCUT2D eigenvalue weighted by Gasteiger charge is -2.14. The molecule has 0 aromatic heterocycles. The van der Waals surface area contributed by atoms with Gasteiger partial charge in [0, 0.05) is 0 Å². The van der Waals surface area contributed by atoms with Crippen molar-refractivity contribution in [1.29, 1.82) is 0 Å². The lowest BCUT2D eigenvalue weighted by Crippen LogP contribution is -2.00. The molecule has 2 radical (unpaired) electrons. The van der Waals surface area contributed by atoms with Crippen LogP contribution < -0.4 is 0 Å². The van der Waals surface area contributed by atoms with Gasteiger partial charge in [0.15, 0.2) is 0 Å². The zero-order chi connectivity index (χ0) is 5.98. The standard InChI is InChI=1S/C7H11B/c1-6-2-4-7(8)5-3-6/h4,6H,2-3,5H2,1H3. The molecule has 1 atom stereocenters. The summed E-state index contributed by atoms with van der Waals surface area (Å²) >= 11 is 0. The molecule has 0 aliphatic heterocycles. The van der Waals surface area contributed by atoms with Gasteiger partial charge in [0.2, 0.25) is 0 Å². The Morgan fingerprint density at radius 3 is 2.88 bits per heavy atom. The maximum absolute atomic E-state index is 5.56. The van der Waals surface area contributed by atoms with E-state index in [2.05, 4.69) is 13.0 Å². The van der Waals surface area contributed by atoms with Crippen molar-refractivity contribution in [2.75, 3.05) is 0 Å². The van der Waals surface area contributed by atoms with E-state index in [9.17, 15) is 0 Å². The molecule has 0 heterocycles. The number of allylic oxidation sites excluding steroid dienone is 2. The zero-order valence-electron chi connectivity index (χ0n) is 5.35. The fourth-order valence-electron chi connectivity index (χ4n) is 0.986. The van der Waals surface area contributed by atoms with E-state index in [1.807, 2.05) is 0 Å². The summed E-state index contributed by atoms with van der Waals surface area (Å²) in [7, 11) is 5.56. The predicted octanol–water partition coefficient (Wildman–Crippen LogP) is 1.86. The lowest BCUT2D eigenvalue weighted by molar-refractivity contribution is 0.523. The van der Waals surface area contributed by atoms with Gasteiger partial charge in [-0.25, -0.2) is 0 Å². The van der Waals surface area contributed by atoms with Crippen LogP contribution in [0.2, 0.25) is 0 Å². The van der Waals surface area contributed by atoms with E-state index >= 15 is 0 Å². The molecule has 0 N–H and O–H groups in total. The molecular weight excluding hydrogens is 94.9 g/mol. The maximum atomic E-state index is 5.56. The van der Waals surface area contributed by atoms with Crippen molar-refractivity contribution in [3.05, 3.63) is 11.5 Å². The van der Waals surface area contributed by atoms with Crippen molar-refractivity contribution >= 4 is 7.85 Å². The molecule has 0 bridgehead atoms. The molecule has 1 aliphatic rings. The van der Waals surface area contributed by atoms with E-state index < -0.39 is 0 Å². The van der Waals surface area contributed by atoms with Crippen LogP contribution in [-0.2, 0) is 0 Å². The highest BCUT2D eigenvalue weighted by molar-refractivity contribution is 6.21. The Bertz CT molecular complexity index is 105. The van der Waals surface area contributed by atoms with Crippen LogP contribution in [0.15, 0.2) is 11.5 Å². The summed E-state index contributed by atoms with van der Waals surface area (Å²) in [4.78, 5) is 0. The fourth-order valence-corrected chi connectivity index (χ4v) is 0.986. The van der Waals surface area contributed by atoms with E-state index in [4.69, 9.17) is 7.85 Å². The monoisotopic (exact) mass is 106 g/mol. The molecule has 8 heavy (non-hydrogen) atoms. The van der Waals surface area contributed by atoms with E-state index in [0.29, 0.717) is 0 Å². The van der Waals surface area contributed by atoms with Gasteiger partial charge in [0.05, 0.1) is 0 Å². The van der Waals surface area contributed by atoms with Crippen LogP contribution in [0.5, 0.6) is 0 Å². The third-order valence-electron chi connectivity index (χ3n) is 1.71. The SMILES string of the molecule is [B]C1=CCC(C)CC1. The first kappa shape index (κ1) is 5.93. The van der Waals surface area contributed by atoms with Crippen molar-refractivity contribution in [3.8, 4) is 0 Å². The second kappa shape index (κ2) is 2.39. The predicted molar refractivity (Wildman–Crippen MR) is 36.9 cm³/mol. The largest absolute Gasteiger partial charge is 0.122 e. The summed E-state index contributed by atoms with van der Waals surface area (Å²) in [6, 6.07) is 0. The molecule has 0 saturated heterocycles. The molecule has 1 unspecified atom stereocenters. The minimum atomic E-state index is 0.863. The van der Waals surface area contributed by atoms with Crippen LogP contribution in [-0.4, -0.2) is 7.85 Å². The summed E-state index contributed by atoms with van der Waals surface area (Å²) in [5.74, 6) is 0.863. The van der Waals surface area contributed by atoms with Crippen LogP contribution in [0, 0.1) is 5.92 Å². The maximum Gasteiger partial charge on any atom is 0.107 e. The molecule has 0 spiro atoms. The average molecular weight is 106 g/mol. The molecule has 0 amide bonds. The van der Waals surface area contributed by atoms with Gasteiger partial charge >= 0.3 is 0 Å². The molecule has 1 rings (SSSR count). The van der Waals surface area contributed by atoms with Gasteiger partial charge in [-0.15, -0.1) is 5.47 Å². The van der Waals surface area contributed by atoms with Gasteiger partial charge < -0.3 is 0 Å². The Morgan fingerprint density at radius 2 is 2.50 bits per heavy atom. The summed E-state index contributed by atoms with van der Waals surface area (Å²) in [5, 5.41) is 0. The molecular formula is C7H11B. The highest BCUT2D eigenvalue weighted by atomic mass is 14.1. The van der Waals surface area contributed by atoms with Crippen LogP contribution in [0.3, 0.4) is 0 Å². The van der Waals surface area contributed by atoms with Gasteiger partial charge in [-0.2, -0.15) is 0 Å². The molecule has 0 saturated carbocycles. The van der Waals surface area contributed by atoms with Crippen molar-refractivity contribution in [3.63, 3.8) is 0 Å². The minimum absolute atomic E-state index is 0.863. The van der Waals surface area contributed by atoms with Crippen molar-refractivity contribution in [2.24, 2.45) is 5.92 Å². The topological polar surface area (TPSA) is 0 Å². The van der Waals surface area contributed by atoms with Gasteiger partial charge in [0.25, 0.3) is 0 Å². The van der Waals surface area contributed by atoms with E-state index in [1.54, 1.807) is 0 Å². The normalized spacial score (nSPS) is 29.6. The first-order chi connectivity index (χ1) is 3.79. The van der Waals surface area contributed by atoms with Crippen molar-refractivity contribution < 1.29 is 0 Å². The average Bonchev–Trinajstić information content (AvgIpc) is 1.77. The van der Waals surface area contributed by atoms with Gasteiger partial charge in [-0.3, -0.25) is 0 Å². The van der Waals surface area contributed by atoms with Crippen LogP contribution in [0.1, 0.15) is 26.2 Å². The first-order valence-corrected chi connectivity index (χ1v) is 3.23. The molecule has 0 aromatic rings. The molecule has 1 aliphatic carbocycles. The molecule has 0 nitrogen and oxygen atoms in total. The highest BCUT2D eigenvalue weighted by Gasteiger charge is 2.04. The molecule has 0 fully saturated rings. The molecule has 0 aromatic carbocycles. The third-order valence-corrected chi connectivity index (χ3v) is 1.71. The first-order valence-electron chi connectivity index (χ1n) is 3.23. The second-order valence-electron chi connectivity index (χ2n) is 2.66. The summed E-state index contributed by atoms with van der Waals surface area (Å²) in [6.07, 6.45) is 5.73. The van der Waals surface area contributed by atoms with Gasteiger partial charge in [-0.05, 0) is 25.2 Å². The minimum Gasteiger partial charge on any atom is -0.122 e. The van der Waals surface area contributed by atoms with Crippen molar-refractivity contribution in [1.82, 2.24) is 0 Å². The third kappa shape index (κ3) is 1.39. The Kier molecular flexibility index (Phi) is 1.77. The number of hydrogen-bond donors (Lipinski definition) is 0. The molecule has 42 valence electrons. The Morgan fingerprint density at radius 1 is 1.75 bits per heavy atom. The van der Waals surface area contributed by atoms with Crippen LogP contribution in [0.25, 0.3) is 0 Å². The zero-order valence-corrected chi connectivity index (χ0v) is 5.35. The van der Waals surface area contributed by atoms with E-state index in [-0.39, 0.29) is 0 Å². The fraction of sp³-hybridized carbons (Fsp3) is 0.714.